The second kappa shape index (κ2) is 6.89. The molecular formula is C10H21NO2. The number of hydrogen-bond donors (Lipinski definition) is 2. The molecule has 1 atom stereocenters. The molecule has 0 saturated carbocycles. The summed E-state index contributed by atoms with van der Waals surface area (Å²) in [5.41, 5.74) is 5.84. The molecule has 0 saturated heterocycles. The molecule has 0 aromatic heterocycles. The van der Waals surface area contributed by atoms with Gasteiger partial charge in [0.1, 0.15) is 0 Å². The molecule has 0 aliphatic rings. The number of hydrogen-bond acceptors (Lipinski definition) is 2. The van der Waals surface area contributed by atoms with E-state index < -0.39 is 5.97 Å². The summed E-state index contributed by atoms with van der Waals surface area (Å²) >= 11 is 0. The van der Waals surface area contributed by atoms with Crippen molar-refractivity contribution in [3.63, 3.8) is 0 Å². The van der Waals surface area contributed by atoms with Crippen LogP contribution in [0.3, 0.4) is 0 Å². The van der Waals surface area contributed by atoms with E-state index >= 15 is 0 Å². The molecule has 0 aromatic carbocycles. The first kappa shape index (κ1) is 12.4. The topological polar surface area (TPSA) is 63.3 Å². The van der Waals surface area contributed by atoms with Gasteiger partial charge < -0.3 is 10.8 Å². The van der Waals surface area contributed by atoms with Crippen molar-refractivity contribution in [1.29, 1.82) is 0 Å². The Balaban J connectivity index is 3.26. The van der Waals surface area contributed by atoms with Gasteiger partial charge in [-0.1, -0.05) is 20.3 Å². The Labute approximate surface area is 80.3 Å². The predicted molar refractivity (Wildman–Crippen MR) is 53.5 cm³/mol. The molecule has 3 nitrogen and oxygen atoms in total. The highest BCUT2D eigenvalue weighted by atomic mass is 16.4. The third-order valence-electron chi connectivity index (χ3n) is 1.99. The van der Waals surface area contributed by atoms with Crippen LogP contribution in [0.2, 0.25) is 0 Å². The summed E-state index contributed by atoms with van der Waals surface area (Å²) in [6.07, 6.45) is 3.94. The van der Waals surface area contributed by atoms with Crippen molar-refractivity contribution in [3.8, 4) is 0 Å². The summed E-state index contributed by atoms with van der Waals surface area (Å²) in [5.74, 6) is -0.0769. The van der Waals surface area contributed by atoms with Crippen LogP contribution in [-0.4, -0.2) is 17.1 Å². The second-order valence-corrected chi connectivity index (χ2v) is 4.03. The maximum Gasteiger partial charge on any atom is 0.303 e. The molecule has 3 heteroatoms. The number of rotatable bonds is 7. The Bertz CT molecular complexity index is 146. The molecule has 0 heterocycles. The number of unbranched alkanes of at least 4 members (excludes halogenated alkanes) is 1. The molecule has 78 valence electrons. The van der Waals surface area contributed by atoms with Crippen molar-refractivity contribution < 1.29 is 9.90 Å². The predicted octanol–water partition coefficient (Wildman–Crippen LogP) is 2.00. The summed E-state index contributed by atoms with van der Waals surface area (Å²) in [6, 6.07) is 0.244. The molecular weight excluding hydrogens is 166 g/mol. The zero-order chi connectivity index (χ0) is 10.3. The molecule has 0 fully saturated rings. The van der Waals surface area contributed by atoms with Crippen LogP contribution in [0.4, 0.5) is 0 Å². The van der Waals surface area contributed by atoms with Crippen molar-refractivity contribution >= 4 is 5.97 Å². The van der Waals surface area contributed by atoms with Gasteiger partial charge in [-0.3, -0.25) is 4.79 Å². The fraction of sp³-hybridized carbons (Fsp3) is 0.900. The van der Waals surface area contributed by atoms with Crippen molar-refractivity contribution in [2.75, 3.05) is 0 Å². The van der Waals surface area contributed by atoms with E-state index in [4.69, 9.17) is 10.8 Å². The Hall–Kier alpha value is -0.570. The van der Waals surface area contributed by atoms with E-state index in [0.717, 1.165) is 25.7 Å². The normalized spacial score (nSPS) is 13.2. The molecule has 0 aliphatic carbocycles. The van der Waals surface area contributed by atoms with Gasteiger partial charge in [0.15, 0.2) is 0 Å². The summed E-state index contributed by atoms with van der Waals surface area (Å²) in [5, 5.41) is 8.39. The van der Waals surface area contributed by atoms with Gasteiger partial charge in [0, 0.05) is 12.5 Å². The van der Waals surface area contributed by atoms with E-state index in [9.17, 15) is 4.79 Å². The number of carboxylic acid groups (broad SMARTS) is 1. The Morgan fingerprint density at radius 1 is 1.38 bits per heavy atom. The largest absolute Gasteiger partial charge is 0.481 e. The lowest BCUT2D eigenvalue weighted by Gasteiger charge is -2.13. The SMILES string of the molecule is CC(C)CC(N)CCCCC(=O)O. The quantitative estimate of drug-likeness (QED) is 0.599. The summed E-state index contributed by atoms with van der Waals surface area (Å²) in [6.45, 7) is 4.30. The van der Waals surface area contributed by atoms with Gasteiger partial charge in [0.25, 0.3) is 0 Å². The fourth-order valence-electron chi connectivity index (χ4n) is 1.41. The fourth-order valence-corrected chi connectivity index (χ4v) is 1.41. The average Bonchev–Trinajstić information content (AvgIpc) is 1.96. The lowest BCUT2D eigenvalue weighted by Crippen LogP contribution is -2.21. The smallest absolute Gasteiger partial charge is 0.303 e. The van der Waals surface area contributed by atoms with Crippen LogP contribution >= 0.6 is 0 Å². The summed E-state index contributed by atoms with van der Waals surface area (Å²) in [4.78, 5) is 10.2. The van der Waals surface area contributed by atoms with Gasteiger partial charge in [-0.2, -0.15) is 0 Å². The number of aliphatic carboxylic acids is 1. The zero-order valence-corrected chi connectivity index (χ0v) is 8.62. The molecule has 0 spiro atoms. The van der Waals surface area contributed by atoms with Gasteiger partial charge in [0.2, 0.25) is 0 Å². The van der Waals surface area contributed by atoms with E-state index in [0.29, 0.717) is 5.92 Å². The van der Waals surface area contributed by atoms with Crippen LogP contribution in [0.15, 0.2) is 0 Å². The van der Waals surface area contributed by atoms with E-state index in [1.165, 1.54) is 0 Å². The Kier molecular flexibility index (Phi) is 6.59. The molecule has 0 radical (unpaired) electrons. The first-order valence-corrected chi connectivity index (χ1v) is 4.99. The van der Waals surface area contributed by atoms with Crippen LogP contribution in [0, 0.1) is 5.92 Å². The van der Waals surface area contributed by atoms with E-state index in [1.807, 2.05) is 0 Å². The van der Waals surface area contributed by atoms with Crippen LogP contribution in [-0.2, 0) is 4.79 Å². The van der Waals surface area contributed by atoms with Gasteiger partial charge in [-0.15, -0.1) is 0 Å². The molecule has 13 heavy (non-hydrogen) atoms. The third kappa shape index (κ3) is 9.34. The standard InChI is InChI=1S/C10H21NO2/c1-8(2)7-9(11)5-3-4-6-10(12)13/h8-9H,3-7,11H2,1-2H3,(H,12,13). The van der Waals surface area contributed by atoms with Crippen molar-refractivity contribution in [1.82, 2.24) is 0 Å². The van der Waals surface area contributed by atoms with E-state index in [2.05, 4.69) is 13.8 Å². The highest BCUT2D eigenvalue weighted by molar-refractivity contribution is 5.66. The lowest BCUT2D eigenvalue weighted by atomic mass is 9.99. The number of carbonyl (C=O) groups is 1. The second-order valence-electron chi connectivity index (χ2n) is 4.03. The summed E-state index contributed by atoms with van der Waals surface area (Å²) in [7, 11) is 0. The highest BCUT2D eigenvalue weighted by Crippen LogP contribution is 2.09. The Morgan fingerprint density at radius 3 is 2.46 bits per heavy atom. The Morgan fingerprint density at radius 2 is 2.00 bits per heavy atom. The molecule has 1 unspecified atom stereocenters. The number of carboxylic acids is 1. The zero-order valence-electron chi connectivity index (χ0n) is 8.62. The van der Waals surface area contributed by atoms with E-state index in [1.54, 1.807) is 0 Å². The van der Waals surface area contributed by atoms with E-state index in [-0.39, 0.29) is 12.5 Å². The monoisotopic (exact) mass is 187 g/mol. The minimum Gasteiger partial charge on any atom is -0.481 e. The molecule has 0 amide bonds. The van der Waals surface area contributed by atoms with Crippen molar-refractivity contribution in [2.45, 2.75) is 52.0 Å². The molecule has 0 rings (SSSR count). The minimum atomic E-state index is -0.711. The lowest BCUT2D eigenvalue weighted by molar-refractivity contribution is -0.137. The molecule has 0 aromatic rings. The van der Waals surface area contributed by atoms with Crippen LogP contribution < -0.4 is 5.73 Å². The maximum atomic E-state index is 10.2. The van der Waals surface area contributed by atoms with Crippen LogP contribution in [0.1, 0.15) is 46.0 Å². The van der Waals surface area contributed by atoms with Crippen molar-refractivity contribution in [3.05, 3.63) is 0 Å². The van der Waals surface area contributed by atoms with Crippen molar-refractivity contribution in [2.24, 2.45) is 11.7 Å². The minimum absolute atomic E-state index is 0.244. The molecule has 0 aliphatic heterocycles. The maximum absolute atomic E-state index is 10.2. The number of nitrogens with two attached hydrogens (primary N) is 1. The molecule has 0 bridgehead atoms. The van der Waals surface area contributed by atoms with Crippen LogP contribution in [0.5, 0.6) is 0 Å². The average molecular weight is 187 g/mol. The van der Waals surface area contributed by atoms with Crippen LogP contribution in [0.25, 0.3) is 0 Å². The van der Waals surface area contributed by atoms with Gasteiger partial charge in [0.05, 0.1) is 0 Å². The highest BCUT2D eigenvalue weighted by Gasteiger charge is 2.05. The summed E-state index contributed by atoms with van der Waals surface area (Å²) < 4.78 is 0. The van der Waals surface area contributed by atoms with Gasteiger partial charge in [-0.25, -0.2) is 0 Å². The van der Waals surface area contributed by atoms with Gasteiger partial charge in [-0.05, 0) is 25.2 Å². The third-order valence-corrected chi connectivity index (χ3v) is 1.99. The molecule has 3 N–H and O–H groups in total. The first-order valence-electron chi connectivity index (χ1n) is 4.99. The first-order chi connectivity index (χ1) is 6.02. The van der Waals surface area contributed by atoms with Gasteiger partial charge >= 0.3 is 5.97 Å².